The number of hydrogen-bond acceptors (Lipinski definition) is 4. The summed E-state index contributed by atoms with van der Waals surface area (Å²) in [7, 11) is 0. The Labute approximate surface area is 110 Å². The number of aliphatic hydroxyl groups is 1. The molecule has 2 rings (SSSR count). The zero-order valence-electron chi connectivity index (χ0n) is 10.3. The lowest BCUT2D eigenvalue weighted by atomic mass is 10.1. The summed E-state index contributed by atoms with van der Waals surface area (Å²) in [5, 5.41) is 21.1. The van der Waals surface area contributed by atoms with Crippen molar-refractivity contribution in [1.29, 1.82) is 0 Å². The molecule has 19 heavy (non-hydrogen) atoms. The number of rotatable bonds is 6. The molecule has 0 radical (unpaired) electrons. The van der Waals surface area contributed by atoms with Gasteiger partial charge >= 0.3 is 5.97 Å². The zero-order valence-corrected chi connectivity index (χ0v) is 10.3. The number of carbonyl (C=O) groups is 1. The molecule has 0 saturated heterocycles. The fourth-order valence-electron chi connectivity index (χ4n) is 1.83. The van der Waals surface area contributed by atoms with Crippen molar-refractivity contribution in [2.45, 2.75) is 19.7 Å². The first-order valence-corrected chi connectivity index (χ1v) is 5.89. The van der Waals surface area contributed by atoms with Crippen LogP contribution in [0.25, 0.3) is 0 Å². The van der Waals surface area contributed by atoms with E-state index in [4.69, 9.17) is 14.6 Å². The topological polar surface area (TPSA) is 82.7 Å². The summed E-state index contributed by atoms with van der Waals surface area (Å²) >= 11 is 0. The number of aliphatic hydroxyl groups excluding tert-OH is 1. The highest BCUT2D eigenvalue weighted by Crippen LogP contribution is 2.11. The van der Waals surface area contributed by atoms with Crippen LogP contribution in [0, 0.1) is 0 Å². The average molecular weight is 261 g/mol. The highest BCUT2D eigenvalue weighted by atomic mass is 16.4. The minimum Gasteiger partial charge on any atom is -0.478 e. The molecule has 1 heterocycles. The molecule has 5 nitrogen and oxygen atoms in total. The summed E-state index contributed by atoms with van der Waals surface area (Å²) in [6, 6.07) is 8.99. The summed E-state index contributed by atoms with van der Waals surface area (Å²) in [5.41, 5.74) is 2.05. The van der Waals surface area contributed by atoms with E-state index in [1.54, 1.807) is 0 Å². The van der Waals surface area contributed by atoms with Crippen molar-refractivity contribution >= 4 is 5.97 Å². The van der Waals surface area contributed by atoms with E-state index in [0.29, 0.717) is 18.8 Å². The minimum absolute atomic E-state index is 0.00911. The van der Waals surface area contributed by atoms with Gasteiger partial charge in [-0.05, 0) is 17.2 Å². The number of hydrogen-bond donors (Lipinski definition) is 3. The largest absolute Gasteiger partial charge is 0.478 e. The van der Waals surface area contributed by atoms with E-state index in [1.165, 1.54) is 12.3 Å². The Hall–Kier alpha value is -2.11. The van der Waals surface area contributed by atoms with E-state index in [1.807, 2.05) is 24.3 Å². The molecule has 0 spiro atoms. The van der Waals surface area contributed by atoms with Crippen LogP contribution in [0.2, 0.25) is 0 Å². The van der Waals surface area contributed by atoms with E-state index in [2.05, 4.69) is 5.32 Å². The van der Waals surface area contributed by atoms with Crippen LogP contribution in [-0.2, 0) is 19.7 Å². The Bertz CT molecular complexity index is 562. The first kappa shape index (κ1) is 13.3. The lowest BCUT2D eigenvalue weighted by Gasteiger charge is -2.05. The van der Waals surface area contributed by atoms with Gasteiger partial charge in [0.25, 0.3) is 0 Å². The van der Waals surface area contributed by atoms with Gasteiger partial charge in [-0.25, -0.2) is 4.79 Å². The lowest BCUT2D eigenvalue weighted by molar-refractivity contribution is 0.0694. The smallest absolute Gasteiger partial charge is 0.339 e. The minimum atomic E-state index is -0.993. The quantitative estimate of drug-likeness (QED) is 0.738. The van der Waals surface area contributed by atoms with Crippen LogP contribution in [-0.4, -0.2) is 16.2 Å². The van der Waals surface area contributed by atoms with Gasteiger partial charge in [0.15, 0.2) is 0 Å². The first-order valence-electron chi connectivity index (χ1n) is 5.89. The van der Waals surface area contributed by atoms with Crippen molar-refractivity contribution in [3.8, 4) is 0 Å². The molecule has 100 valence electrons. The molecule has 1 aromatic carbocycles. The highest BCUT2D eigenvalue weighted by Gasteiger charge is 2.12. The molecular weight excluding hydrogens is 246 g/mol. The van der Waals surface area contributed by atoms with Crippen LogP contribution in [0.1, 0.15) is 27.2 Å². The van der Waals surface area contributed by atoms with Gasteiger partial charge in [0.1, 0.15) is 11.3 Å². The number of benzene rings is 1. The maximum Gasteiger partial charge on any atom is 0.339 e. The highest BCUT2D eigenvalue weighted by molar-refractivity contribution is 5.88. The summed E-state index contributed by atoms with van der Waals surface area (Å²) in [6.07, 6.45) is 1.37. The third kappa shape index (κ3) is 3.43. The fraction of sp³-hybridized carbons (Fsp3) is 0.214. The average Bonchev–Trinajstić information content (AvgIpc) is 2.87. The predicted molar refractivity (Wildman–Crippen MR) is 68.6 cm³/mol. The molecular formula is C14H15NO4. The van der Waals surface area contributed by atoms with Crippen molar-refractivity contribution in [1.82, 2.24) is 5.32 Å². The van der Waals surface area contributed by atoms with E-state index in [9.17, 15) is 4.79 Å². The van der Waals surface area contributed by atoms with Crippen molar-refractivity contribution < 1.29 is 19.4 Å². The molecule has 2 aromatic rings. The van der Waals surface area contributed by atoms with Gasteiger partial charge in [-0.3, -0.25) is 0 Å². The van der Waals surface area contributed by atoms with Gasteiger partial charge in [0, 0.05) is 6.54 Å². The van der Waals surface area contributed by atoms with Crippen LogP contribution in [0.5, 0.6) is 0 Å². The maximum absolute atomic E-state index is 10.9. The first-order chi connectivity index (χ1) is 9.20. The fourth-order valence-corrected chi connectivity index (χ4v) is 1.83. The molecule has 5 heteroatoms. The Balaban J connectivity index is 1.92. The monoisotopic (exact) mass is 261 g/mol. The third-order valence-corrected chi connectivity index (χ3v) is 2.76. The van der Waals surface area contributed by atoms with E-state index >= 15 is 0 Å². The van der Waals surface area contributed by atoms with Gasteiger partial charge in [-0.15, -0.1) is 0 Å². The molecule has 0 saturated carbocycles. The van der Waals surface area contributed by atoms with Gasteiger partial charge in [-0.1, -0.05) is 24.3 Å². The van der Waals surface area contributed by atoms with Crippen molar-refractivity contribution in [3.05, 3.63) is 59.0 Å². The molecule has 0 fully saturated rings. The molecule has 0 aliphatic heterocycles. The normalized spacial score (nSPS) is 10.6. The predicted octanol–water partition coefficient (Wildman–Crippen LogP) is 1.76. The summed E-state index contributed by atoms with van der Waals surface area (Å²) in [4.78, 5) is 10.9. The molecule has 0 aliphatic carbocycles. The molecule has 0 bridgehead atoms. The number of aromatic carboxylic acids is 1. The summed E-state index contributed by atoms with van der Waals surface area (Å²) in [6.45, 7) is 0.931. The maximum atomic E-state index is 10.9. The van der Waals surface area contributed by atoms with E-state index in [-0.39, 0.29) is 12.2 Å². The van der Waals surface area contributed by atoms with Gasteiger partial charge in [0.2, 0.25) is 0 Å². The van der Waals surface area contributed by atoms with E-state index in [0.717, 1.165) is 11.1 Å². The second-order valence-corrected chi connectivity index (χ2v) is 4.14. The molecule has 0 aliphatic rings. The Morgan fingerprint density at radius 1 is 1.21 bits per heavy atom. The number of furan rings is 1. The summed E-state index contributed by atoms with van der Waals surface area (Å²) in [5.74, 6) is -0.585. The SMILES string of the molecule is O=C(O)c1ccoc1CNCc1cccc(CO)c1. The number of nitrogens with one attached hydrogen (secondary N) is 1. The van der Waals surface area contributed by atoms with Crippen molar-refractivity contribution in [2.24, 2.45) is 0 Å². The van der Waals surface area contributed by atoms with E-state index < -0.39 is 5.97 Å². The van der Waals surface area contributed by atoms with Gasteiger partial charge in [0.05, 0.1) is 19.4 Å². The summed E-state index contributed by atoms with van der Waals surface area (Å²) < 4.78 is 5.13. The van der Waals surface area contributed by atoms with Crippen LogP contribution in [0.4, 0.5) is 0 Å². The van der Waals surface area contributed by atoms with Crippen LogP contribution in [0.3, 0.4) is 0 Å². The van der Waals surface area contributed by atoms with Crippen molar-refractivity contribution in [2.75, 3.05) is 0 Å². The lowest BCUT2D eigenvalue weighted by Crippen LogP contribution is -2.14. The standard InChI is InChI=1S/C14H15NO4/c16-9-11-3-1-2-10(6-11)7-15-8-13-12(14(17)18)4-5-19-13/h1-6,15-16H,7-9H2,(H,17,18). The van der Waals surface area contributed by atoms with Gasteiger partial charge in [-0.2, -0.15) is 0 Å². The molecule has 1 aromatic heterocycles. The molecule has 0 atom stereocenters. The molecule has 3 N–H and O–H groups in total. The Morgan fingerprint density at radius 3 is 2.74 bits per heavy atom. The van der Waals surface area contributed by atoms with Crippen LogP contribution in [0.15, 0.2) is 41.0 Å². The number of carboxylic acid groups (broad SMARTS) is 1. The second-order valence-electron chi connectivity index (χ2n) is 4.14. The molecule has 0 amide bonds. The number of carboxylic acids is 1. The second kappa shape index (κ2) is 6.17. The van der Waals surface area contributed by atoms with Crippen molar-refractivity contribution in [3.63, 3.8) is 0 Å². The Kier molecular flexibility index (Phi) is 4.33. The Morgan fingerprint density at radius 2 is 2.00 bits per heavy atom. The zero-order chi connectivity index (χ0) is 13.7. The van der Waals surface area contributed by atoms with Gasteiger partial charge < -0.3 is 19.9 Å². The molecule has 0 unspecified atom stereocenters. The van der Waals surface area contributed by atoms with Crippen LogP contribution < -0.4 is 5.32 Å². The van der Waals surface area contributed by atoms with Crippen LogP contribution >= 0.6 is 0 Å². The third-order valence-electron chi connectivity index (χ3n) is 2.76.